The van der Waals surface area contributed by atoms with Crippen LogP contribution in [0.25, 0.3) is 11.3 Å². The Morgan fingerprint density at radius 1 is 1.00 bits per heavy atom. The van der Waals surface area contributed by atoms with Crippen LogP contribution in [0.1, 0.15) is 61.6 Å². The number of nitrogens with zero attached hydrogens (tertiary/aromatic N) is 1. The van der Waals surface area contributed by atoms with Crippen molar-refractivity contribution < 1.29 is 31.7 Å². The molecule has 0 aliphatic carbocycles. The topological polar surface area (TPSA) is 109 Å². The van der Waals surface area contributed by atoms with Crippen LogP contribution in [0.5, 0.6) is 0 Å². The molecule has 0 fully saturated rings. The highest BCUT2D eigenvalue weighted by Crippen LogP contribution is 2.31. The average molecular weight is 591 g/mol. The molecule has 12 heteroatoms. The van der Waals surface area contributed by atoms with Crippen molar-refractivity contribution in [3.05, 3.63) is 88.6 Å². The fourth-order valence-corrected chi connectivity index (χ4v) is 4.36. The van der Waals surface area contributed by atoms with Crippen LogP contribution in [0.2, 0.25) is 0 Å². The smallest absolute Gasteiger partial charge is 0.433 e. The summed E-state index contributed by atoms with van der Waals surface area (Å²) in [6, 6.07) is 16.3. The van der Waals surface area contributed by atoms with Gasteiger partial charge in [0.2, 0.25) is 5.91 Å². The highest BCUT2D eigenvalue weighted by molar-refractivity contribution is 7.81. The van der Waals surface area contributed by atoms with Gasteiger partial charge in [-0.1, -0.05) is 54.1 Å². The Hall–Kier alpha value is -3.77. The van der Waals surface area contributed by atoms with Gasteiger partial charge in [-0.15, -0.1) is 0 Å². The number of nitrogens with one attached hydrogen (secondary N) is 3. The van der Waals surface area contributed by atoms with E-state index in [-0.39, 0.29) is 24.7 Å². The number of amides is 2. The highest BCUT2D eigenvalue weighted by Gasteiger charge is 2.33. The van der Waals surface area contributed by atoms with Crippen LogP contribution < -0.4 is 14.8 Å². The highest BCUT2D eigenvalue weighted by atomic mass is 32.2. The van der Waals surface area contributed by atoms with E-state index in [1.165, 1.54) is 6.07 Å². The van der Waals surface area contributed by atoms with Crippen molar-refractivity contribution in [1.29, 1.82) is 0 Å². The van der Waals surface area contributed by atoms with Crippen LogP contribution >= 0.6 is 0 Å². The van der Waals surface area contributed by atoms with Gasteiger partial charge in [0.15, 0.2) is 11.2 Å². The van der Waals surface area contributed by atoms with Gasteiger partial charge in [0.1, 0.15) is 11.3 Å². The number of aryl methyl sites for hydroxylation is 1. The molecule has 2 unspecified atom stereocenters. The van der Waals surface area contributed by atoms with Crippen LogP contribution in [0, 0.1) is 6.92 Å². The first-order valence-corrected chi connectivity index (χ1v) is 13.9. The quantitative estimate of drug-likeness (QED) is 0.297. The Morgan fingerprint density at radius 3 is 2.29 bits per heavy atom. The van der Waals surface area contributed by atoms with E-state index in [4.69, 9.17) is 4.74 Å². The van der Waals surface area contributed by atoms with E-state index >= 15 is 0 Å². The zero-order valence-electron chi connectivity index (χ0n) is 23.4. The standard InChI is InChI=1S/C29H33F3N4O4S/c1-18-7-6-8-22(15-18)25-23(13-14-24(35-25)29(30,31)32)17-33-26(37)19(2)21-11-9-20(10-12-21)16-34-41(39)36-27(38)40-28(3,4)5/h6-15,19,34H,16-17H2,1-5H3,(H,33,37)(H,36,38). The first kappa shape index (κ1) is 31.8. The summed E-state index contributed by atoms with van der Waals surface area (Å²) >= 11 is -1.86. The number of hydrogen-bond donors (Lipinski definition) is 3. The fraction of sp³-hybridized carbons (Fsp3) is 0.345. The lowest BCUT2D eigenvalue weighted by atomic mass is 9.98. The molecule has 3 rings (SSSR count). The van der Waals surface area contributed by atoms with Crippen molar-refractivity contribution in [2.75, 3.05) is 0 Å². The fourth-order valence-electron chi connectivity index (χ4n) is 3.80. The Kier molecular flexibility index (Phi) is 10.3. The van der Waals surface area contributed by atoms with Crippen LogP contribution in [0.3, 0.4) is 0 Å². The van der Waals surface area contributed by atoms with Crippen molar-refractivity contribution >= 4 is 23.2 Å². The molecule has 2 atom stereocenters. The van der Waals surface area contributed by atoms with Crippen molar-refractivity contribution in [1.82, 2.24) is 19.7 Å². The van der Waals surface area contributed by atoms with E-state index in [0.717, 1.165) is 17.2 Å². The number of benzene rings is 2. The van der Waals surface area contributed by atoms with Gasteiger partial charge in [-0.3, -0.25) is 4.79 Å². The first-order valence-electron chi connectivity index (χ1n) is 12.8. The number of pyridine rings is 1. The summed E-state index contributed by atoms with van der Waals surface area (Å²) < 4.78 is 62.0. The monoisotopic (exact) mass is 590 g/mol. The molecule has 0 radical (unpaired) electrons. The van der Waals surface area contributed by atoms with Crippen molar-refractivity contribution in [3.63, 3.8) is 0 Å². The maximum absolute atomic E-state index is 13.3. The van der Waals surface area contributed by atoms with Gasteiger partial charge in [0.05, 0.1) is 11.6 Å². The molecule has 0 saturated carbocycles. The Morgan fingerprint density at radius 2 is 1.68 bits per heavy atom. The third kappa shape index (κ3) is 9.68. The average Bonchev–Trinajstić information content (AvgIpc) is 2.88. The lowest BCUT2D eigenvalue weighted by Gasteiger charge is -2.19. The largest absolute Gasteiger partial charge is 0.443 e. The summed E-state index contributed by atoms with van der Waals surface area (Å²) in [5.41, 5.74) is 1.77. The van der Waals surface area contributed by atoms with Gasteiger partial charge in [-0.25, -0.2) is 23.4 Å². The van der Waals surface area contributed by atoms with E-state index in [9.17, 15) is 27.0 Å². The number of hydrogen-bond acceptors (Lipinski definition) is 5. The molecule has 0 bridgehead atoms. The molecule has 0 saturated heterocycles. The molecule has 8 nitrogen and oxygen atoms in total. The molecule has 3 aromatic rings. The minimum Gasteiger partial charge on any atom is -0.443 e. The van der Waals surface area contributed by atoms with Crippen LogP contribution in [0.15, 0.2) is 60.7 Å². The molecule has 0 aliphatic heterocycles. The third-order valence-electron chi connectivity index (χ3n) is 5.87. The Bertz CT molecular complexity index is 1410. The van der Waals surface area contributed by atoms with E-state index in [1.54, 1.807) is 70.2 Å². The number of alkyl halides is 3. The first-order chi connectivity index (χ1) is 19.1. The number of aromatic nitrogens is 1. The molecule has 220 valence electrons. The minimum absolute atomic E-state index is 0.00392. The SMILES string of the molecule is Cc1cccc(-c2nc(C(F)(F)F)ccc2CNC(=O)C(C)c2ccc(CNS(=O)NC(=O)OC(C)(C)C)cc2)c1. The van der Waals surface area contributed by atoms with Gasteiger partial charge in [0, 0.05) is 18.7 Å². The van der Waals surface area contributed by atoms with Gasteiger partial charge in [-0.2, -0.15) is 13.2 Å². The van der Waals surface area contributed by atoms with Gasteiger partial charge >= 0.3 is 12.3 Å². The molecule has 2 aromatic carbocycles. The van der Waals surface area contributed by atoms with Crippen LogP contribution in [-0.2, 0) is 40.0 Å². The molecular weight excluding hydrogens is 557 g/mol. The van der Waals surface area contributed by atoms with E-state index in [2.05, 4.69) is 19.7 Å². The molecule has 41 heavy (non-hydrogen) atoms. The van der Waals surface area contributed by atoms with E-state index in [1.807, 2.05) is 13.0 Å². The lowest BCUT2D eigenvalue weighted by molar-refractivity contribution is -0.141. The van der Waals surface area contributed by atoms with E-state index < -0.39 is 40.7 Å². The molecule has 0 spiro atoms. The normalized spacial score (nSPS) is 13.3. The second kappa shape index (κ2) is 13.3. The maximum Gasteiger partial charge on any atom is 0.433 e. The Balaban J connectivity index is 1.62. The summed E-state index contributed by atoms with van der Waals surface area (Å²) in [5, 5.41) is 2.80. The molecule has 3 N–H and O–H groups in total. The van der Waals surface area contributed by atoms with Gasteiger partial charge in [0.25, 0.3) is 0 Å². The zero-order valence-corrected chi connectivity index (χ0v) is 24.2. The summed E-state index contributed by atoms with van der Waals surface area (Å²) in [4.78, 5) is 28.5. The predicted molar refractivity (Wildman–Crippen MR) is 150 cm³/mol. The predicted octanol–water partition coefficient (Wildman–Crippen LogP) is 5.69. The summed E-state index contributed by atoms with van der Waals surface area (Å²) in [6.07, 6.45) is -5.41. The summed E-state index contributed by atoms with van der Waals surface area (Å²) in [7, 11) is 0. The zero-order chi connectivity index (χ0) is 30.4. The number of carbonyl (C=O) groups excluding carboxylic acids is 2. The van der Waals surface area contributed by atoms with Crippen molar-refractivity contribution in [2.45, 2.75) is 65.4 Å². The number of rotatable bonds is 9. The third-order valence-corrected chi connectivity index (χ3v) is 6.63. The van der Waals surface area contributed by atoms with Crippen LogP contribution in [0.4, 0.5) is 18.0 Å². The van der Waals surface area contributed by atoms with Crippen molar-refractivity contribution in [2.24, 2.45) is 0 Å². The molecule has 1 aromatic heterocycles. The maximum atomic E-state index is 13.3. The molecule has 2 amide bonds. The number of halogens is 3. The second-order valence-corrected chi connectivity index (χ2v) is 11.5. The van der Waals surface area contributed by atoms with E-state index in [0.29, 0.717) is 16.7 Å². The molecule has 0 aliphatic rings. The number of ether oxygens (including phenoxy) is 1. The molecular formula is C29H33F3N4O4S. The van der Waals surface area contributed by atoms with Crippen LogP contribution in [-0.4, -0.2) is 26.8 Å². The van der Waals surface area contributed by atoms with Gasteiger partial charge in [-0.05, 0) is 63.4 Å². The lowest BCUT2D eigenvalue weighted by Crippen LogP contribution is -2.38. The number of carbonyl (C=O) groups is 2. The summed E-state index contributed by atoms with van der Waals surface area (Å²) in [5.74, 6) is -0.863. The summed E-state index contributed by atoms with van der Waals surface area (Å²) in [6.45, 7) is 8.82. The van der Waals surface area contributed by atoms with Crippen molar-refractivity contribution in [3.8, 4) is 11.3 Å². The molecule has 1 heterocycles. The Labute approximate surface area is 239 Å². The minimum atomic E-state index is -4.60. The second-order valence-electron chi connectivity index (χ2n) is 10.4. The van der Waals surface area contributed by atoms with Gasteiger partial charge < -0.3 is 10.1 Å².